The number of ether oxygens (including phenoxy) is 1. The molecule has 0 amide bonds. The Bertz CT molecular complexity index is 489. The second-order valence-electron chi connectivity index (χ2n) is 4.14. The zero-order valence-corrected chi connectivity index (χ0v) is 11.1. The highest BCUT2D eigenvalue weighted by Gasteiger charge is 2.12. The zero-order valence-electron chi connectivity index (χ0n) is 11.1. The van der Waals surface area contributed by atoms with Crippen LogP contribution in [0, 0.1) is 6.92 Å². The number of hydrogen-bond acceptors (Lipinski definition) is 4. The molecular weight excluding hydrogens is 230 g/mol. The monoisotopic (exact) mass is 249 g/mol. The van der Waals surface area contributed by atoms with Crippen LogP contribution in [0.2, 0.25) is 0 Å². The first-order valence-corrected chi connectivity index (χ1v) is 5.97. The molecule has 6 nitrogen and oxygen atoms in total. The van der Waals surface area contributed by atoms with Gasteiger partial charge in [-0.25, -0.2) is 4.68 Å². The van der Waals surface area contributed by atoms with E-state index in [1.807, 2.05) is 30.9 Å². The van der Waals surface area contributed by atoms with Crippen molar-refractivity contribution in [2.24, 2.45) is 7.05 Å². The predicted octanol–water partition coefficient (Wildman–Crippen LogP) is 0.723. The molecule has 0 aromatic carbocycles. The SMILES string of the molecule is COc1c(CNCCn2cccn2)c(C)nn1C. The van der Waals surface area contributed by atoms with E-state index in [4.69, 9.17) is 4.74 Å². The number of nitrogens with zero attached hydrogens (tertiary/aromatic N) is 4. The summed E-state index contributed by atoms with van der Waals surface area (Å²) in [6.07, 6.45) is 3.74. The number of rotatable bonds is 6. The van der Waals surface area contributed by atoms with Gasteiger partial charge in [-0.15, -0.1) is 0 Å². The van der Waals surface area contributed by atoms with Crippen LogP contribution < -0.4 is 10.1 Å². The maximum Gasteiger partial charge on any atom is 0.216 e. The van der Waals surface area contributed by atoms with Crippen LogP contribution in [0.15, 0.2) is 18.5 Å². The van der Waals surface area contributed by atoms with Crippen molar-refractivity contribution in [1.82, 2.24) is 24.9 Å². The highest BCUT2D eigenvalue weighted by molar-refractivity contribution is 5.30. The Balaban J connectivity index is 1.86. The largest absolute Gasteiger partial charge is 0.481 e. The van der Waals surface area contributed by atoms with Gasteiger partial charge in [0.15, 0.2) is 0 Å². The molecule has 0 spiro atoms. The second-order valence-corrected chi connectivity index (χ2v) is 4.14. The van der Waals surface area contributed by atoms with Crippen molar-refractivity contribution in [1.29, 1.82) is 0 Å². The zero-order chi connectivity index (χ0) is 13.0. The fourth-order valence-corrected chi connectivity index (χ4v) is 1.98. The second kappa shape index (κ2) is 5.68. The van der Waals surface area contributed by atoms with Gasteiger partial charge in [0.2, 0.25) is 5.88 Å². The summed E-state index contributed by atoms with van der Waals surface area (Å²) in [6.45, 7) is 4.46. The Hall–Kier alpha value is -1.82. The summed E-state index contributed by atoms with van der Waals surface area (Å²) in [4.78, 5) is 0. The highest BCUT2D eigenvalue weighted by atomic mass is 16.5. The number of methoxy groups -OCH3 is 1. The van der Waals surface area contributed by atoms with Gasteiger partial charge in [0.05, 0.1) is 24.9 Å². The van der Waals surface area contributed by atoms with Gasteiger partial charge in [-0.1, -0.05) is 0 Å². The van der Waals surface area contributed by atoms with Crippen molar-refractivity contribution >= 4 is 0 Å². The van der Waals surface area contributed by atoms with Crippen LogP contribution in [0.3, 0.4) is 0 Å². The maximum absolute atomic E-state index is 5.34. The minimum absolute atomic E-state index is 0.754. The molecule has 0 aliphatic rings. The standard InChI is InChI=1S/C12H19N5O/c1-10-11(12(18-3)16(2)15-10)9-13-6-8-17-7-4-5-14-17/h4-5,7,13H,6,8-9H2,1-3H3. The van der Waals surface area contributed by atoms with Gasteiger partial charge in [0.1, 0.15) is 0 Å². The molecule has 2 aromatic heterocycles. The minimum atomic E-state index is 0.754. The maximum atomic E-state index is 5.34. The van der Waals surface area contributed by atoms with E-state index in [-0.39, 0.29) is 0 Å². The molecule has 0 saturated heterocycles. The third kappa shape index (κ3) is 2.70. The van der Waals surface area contributed by atoms with Crippen molar-refractivity contribution in [2.45, 2.75) is 20.0 Å². The van der Waals surface area contributed by atoms with Crippen molar-refractivity contribution < 1.29 is 4.74 Å². The third-order valence-electron chi connectivity index (χ3n) is 2.86. The van der Waals surface area contributed by atoms with Crippen LogP contribution in [0.4, 0.5) is 0 Å². The number of nitrogens with one attached hydrogen (secondary N) is 1. The molecule has 98 valence electrons. The van der Waals surface area contributed by atoms with Gasteiger partial charge in [-0.05, 0) is 13.0 Å². The molecule has 0 radical (unpaired) electrons. The fraction of sp³-hybridized carbons (Fsp3) is 0.500. The average molecular weight is 249 g/mol. The predicted molar refractivity (Wildman–Crippen MR) is 68.4 cm³/mol. The molecule has 2 heterocycles. The van der Waals surface area contributed by atoms with Gasteiger partial charge in [-0.3, -0.25) is 4.68 Å². The Morgan fingerprint density at radius 1 is 1.44 bits per heavy atom. The van der Waals surface area contributed by atoms with E-state index in [2.05, 4.69) is 15.5 Å². The minimum Gasteiger partial charge on any atom is -0.481 e. The van der Waals surface area contributed by atoms with Gasteiger partial charge in [-0.2, -0.15) is 10.2 Å². The summed E-state index contributed by atoms with van der Waals surface area (Å²) in [5, 5.41) is 11.9. The fourth-order valence-electron chi connectivity index (χ4n) is 1.98. The lowest BCUT2D eigenvalue weighted by molar-refractivity contribution is 0.367. The topological polar surface area (TPSA) is 56.9 Å². The smallest absolute Gasteiger partial charge is 0.216 e. The molecule has 2 aromatic rings. The molecule has 0 aliphatic heterocycles. The lowest BCUT2D eigenvalue weighted by atomic mass is 10.2. The van der Waals surface area contributed by atoms with Crippen LogP contribution in [0.5, 0.6) is 5.88 Å². The molecule has 0 fully saturated rings. The van der Waals surface area contributed by atoms with Gasteiger partial charge in [0.25, 0.3) is 0 Å². The summed E-state index contributed by atoms with van der Waals surface area (Å²) >= 11 is 0. The van der Waals surface area contributed by atoms with E-state index < -0.39 is 0 Å². The highest BCUT2D eigenvalue weighted by Crippen LogP contribution is 2.20. The molecule has 2 rings (SSSR count). The molecule has 0 bridgehead atoms. The summed E-state index contributed by atoms with van der Waals surface area (Å²) in [5.74, 6) is 0.819. The van der Waals surface area contributed by atoms with Gasteiger partial charge < -0.3 is 10.1 Å². The Morgan fingerprint density at radius 3 is 2.94 bits per heavy atom. The van der Waals surface area contributed by atoms with Crippen LogP contribution in [0.1, 0.15) is 11.3 Å². The van der Waals surface area contributed by atoms with E-state index in [0.717, 1.165) is 36.8 Å². The van der Waals surface area contributed by atoms with Gasteiger partial charge >= 0.3 is 0 Å². The lowest BCUT2D eigenvalue weighted by Crippen LogP contribution is -2.20. The first kappa shape index (κ1) is 12.6. The third-order valence-corrected chi connectivity index (χ3v) is 2.86. The summed E-state index contributed by atoms with van der Waals surface area (Å²) < 4.78 is 9.01. The molecule has 0 atom stereocenters. The van der Waals surface area contributed by atoms with Crippen molar-refractivity contribution in [3.05, 3.63) is 29.7 Å². The molecule has 6 heteroatoms. The summed E-state index contributed by atoms with van der Waals surface area (Å²) in [6, 6.07) is 1.92. The van der Waals surface area contributed by atoms with E-state index in [0.29, 0.717) is 0 Å². The Morgan fingerprint density at radius 2 is 2.28 bits per heavy atom. The van der Waals surface area contributed by atoms with E-state index in [1.165, 1.54) is 0 Å². The average Bonchev–Trinajstić information content (AvgIpc) is 2.93. The molecule has 0 aliphatic carbocycles. The number of hydrogen-bond donors (Lipinski definition) is 1. The summed E-state index contributed by atoms with van der Waals surface area (Å²) in [7, 11) is 3.56. The van der Waals surface area contributed by atoms with Crippen LogP contribution in [-0.2, 0) is 20.1 Å². The van der Waals surface area contributed by atoms with Crippen molar-refractivity contribution in [2.75, 3.05) is 13.7 Å². The molecule has 1 N–H and O–H groups in total. The normalized spacial score (nSPS) is 10.8. The van der Waals surface area contributed by atoms with E-state index in [1.54, 1.807) is 18.0 Å². The summed E-state index contributed by atoms with van der Waals surface area (Å²) in [5.41, 5.74) is 2.11. The molecule has 0 unspecified atom stereocenters. The van der Waals surface area contributed by atoms with E-state index in [9.17, 15) is 0 Å². The number of aromatic nitrogens is 4. The van der Waals surface area contributed by atoms with Crippen LogP contribution in [0.25, 0.3) is 0 Å². The first-order valence-electron chi connectivity index (χ1n) is 5.97. The molecule has 18 heavy (non-hydrogen) atoms. The van der Waals surface area contributed by atoms with Crippen molar-refractivity contribution in [3.8, 4) is 5.88 Å². The van der Waals surface area contributed by atoms with Gasteiger partial charge in [0, 0.05) is 32.5 Å². The Labute approximate surface area is 107 Å². The first-order chi connectivity index (χ1) is 8.72. The lowest BCUT2D eigenvalue weighted by Gasteiger charge is -2.07. The van der Waals surface area contributed by atoms with Crippen LogP contribution in [-0.4, -0.2) is 33.2 Å². The molecule has 0 saturated carbocycles. The number of aryl methyl sites for hydroxylation is 2. The van der Waals surface area contributed by atoms with E-state index >= 15 is 0 Å². The Kier molecular flexibility index (Phi) is 3.99. The quantitative estimate of drug-likeness (QED) is 0.767. The molecular formula is C12H19N5O. The van der Waals surface area contributed by atoms with Crippen molar-refractivity contribution in [3.63, 3.8) is 0 Å². The van der Waals surface area contributed by atoms with Crippen LogP contribution >= 0.6 is 0 Å².